The number of para-hydroxylation sites is 1. The second-order valence-electron chi connectivity index (χ2n) is 2.85. The molecule has 1 radical (unpaired) electrons. The molecule has 1 aromatic carbocycles. The summed E-state index contributed by atoms with van der Waals surface area (Å²) in [4.78, 5) is 4.15. The van der Waals surface area contributed by atoms with Gasteiger partial charge in [-0.25, -0.2) is 4.98 Å². The minimum absolute atomic E-state index is 0.0485. The number of ether oxygens (including phenoxy) is 1. The number of rotatable bonds is 2. The highest BCUT2D eigenvalue weighted by atomic mass is 16.5. The maximum atomic E-state index is 9.52. The highest BCUT2D eigenvalue weighted by Crippen LogP contribution is 2.27. The minimum atomic E-state index is 0.0485. The largest absolute Gasteiger partial charge is 0.503 e. The van der Waals surface area contributed by atoms with Gasteiger partial charge in [0, 0.05) is 5.39 Å². The fourth-order valence-corrected chi connectivity index (χ4v) is 1.29. The predicted molar refractivity (Wildman–Crippen MR) is 54.3 cm³/mol. The molecule has 1 N–H and O–H groups in total. The summed E-state index contributed by atoms with van der Waals surface area (Å²) in [5.41, 5.74) is 0.800. The molecule has 1 heterocycles. The summed E-state index contributed by atoms with van der Waals surface area (Å²) in [6.07, 6.45) is 0. The van der Waals surface area contributed by atoms with Crippen molar-refractivity contribution >= 4 is 10.9 Å². The van der Waals surface area contributed by atoms with E-state index in [1.54, 1.807) is 6.07 Å². The Hall–Kier alpha value is -1.77. The van der Waals surface area contributed by atoms with Gasteiger partial charge in [-0.2, -0.15) is 0 Å². The first kappa shape index (κ1) is 8.81. The van der Waals surface area contributed by atoms with Crippen molar-refractivity contribution < 1.29 is 9.84 Å². The zero-order valence-electron chi connectivity index (χ0n) is 7.60. The second kappa shape index (κ2) is 3.54. The first-order chi connectivity index (χ1) is 6.81. The number of benzene rings is 1. The van der Waals surface area contributed by atoms with Gasteiger partial charge in [0.1, 0.15) is 0 Å². The standard InChI is InChI=1S/C11H10NO2/c1-2-14-11-10(13)7-8-5-3-4-6-9(8)12-11/h3-7,13H,1-2H2. The SMILES string of the molecule is [CH2]COc1nc2ccccc2cc1O. The zero-order valence-corrected chi connectivity index (χ0v) is 7.60. The molecular weight excluding hydrogens is 178 g/mol. The number of aromatic hydroxyl groups is 1. The van der Waals surface area contributed by atoms with Gasteiger partial charge in [-0.15, -0.1) is 0 Å². The molecule has 0 aliphatic carbocycles. The lowest BCUT2D eigenvalue weighted by atomic mass is 10.2. The van der Waals surface area contributed by atoms with Gasteiger partial charge in [0.05, 0.1) is 12.1 Å². The van der Waals surface area contributed by atoms with E-state index < -0.39 is 0 Å². The van der Waals surface area contributed by atoms with Gasteiger partial charge in [-0.05, 0) is 19.1 Å². The molecule has 0 unspecified atom stereocenters. The third-order valence-corrected chi connectivity index (χ3v) is 1.91. The van der Waals surface area contributed by atoms with E-state index in [1.807, 2.05) is 24.3 Å². The third kappa shape index (κ3) is 1.48. The zero-order chi connectivity index (χ0) is 9.97. The highest BCUT2D eigenvalue weighted by molar-refractivity contribution is 5.80. The topological polar surface area (TPSA) is 42.4 Å². The molecule has 3 heteroatoms. The van der Waals surface area contributed by atoms with Crippen LogP contribution in [0.4, 0.5) is 0 Å². The molecule has 0 saturated carbocycles. The van der Waals surface area contributed by atoms with Crippen LogP contribution in [0.2, 0.25) is 0 Å². The molecule has 3 nitrogen and oxygen atoms in total. The molecule has 0 atom stereocenters. The van der Waals surface area contributed by atoms with Crippen molar-refractivity contribution in [2.75, 3.05) is 6.61 Å². The number of aromatic nitrogens is 1. The number of nitrogens with zero attached hydrogens (tertiary/aromatic N) is 1. The van der Waals surface area contributed by atoms with Gasteiger partial charge in [-0.3, -0.25) is 0 Å². The van der Waals surface area contributed by atoms with Crippen LogP contribution in [0.5, 0.6) is 11.6 Å². The molecule has 0 fully saturated rings. The maximum Gasteiger partial charge on any atom is 0.257 e. The fraction of sp³-hybridized carbons (Fsp3) is 0.0909. The number of hydrogen-bond donors (Lipinski definition) is 1. The lowest BCUT2D eigenvalue weighted by Gasteiger charge is -2.05. The summed E-state index contributed by atoms with van der Waals surface area (Å²) in [5, 5.41) is 10.4. The van der Waals surface area contributed by atoms with E-state index in [1.165, 1.54) is 0 Å². The quantitative estimate of drug-likeness (QED) is 0.785. The Bertz CT molecular complexity index is 454. The van der Waals surface area contributed by atoms with E-state index in [4.69, 9.17) is 4.74 Å². The third-order valence-electron chi connectivity index (χ3n) is 1.91. The first-order valence-electron chi connectivity index (χ1n) is 4.32. The molecule has 0 bridgehead atoms. The number of fused-ring (bicyclic) bond motifs is 1. The van der Waals surface area contributed by atoms with E-state index >= 15 is 0 Å². The summed E-state index contributed by atoms with van der Waals surface area (Å²) >= 11 is 0. The molecule has 14 heavy (non-hydrogen) atoms. The lowest BCUT2D eigenvalue weighted by Crippen LogP contribution is -1.95. The normalized spacial score (nSPS) is 10.4. The van der Waals surface area contributed by atoms with Crippen molar-refractivity contribution in [1.29, 1.82) is 0 Å². The molecular formula is C11H10NO2. The average molecular weight is 188 g/mol. The van der Waals surface area contributed by atoms with Crippen LogP contribution in [0.3, 0.4) is 0 Å². The molecule has 2 rings (SSSR count). The van der Waals surface area contributed by atoms with Crippen molar-refractivity contribution in [3.05, 3.63) is 37.3 Å². The van der Waals surface area contributed by atoms with Crippen molar-refractivity contribution in [3.8, 4) is 11.6 Å². The van der Waals surface area contributed by atoms with E-state index in [9.17, 15) is 5.11 Å². The van der Waals surface area contributed by atoms with Crippen LogP contribution < -0.4 is 4.74 Å². The van der Waals surface area contributed by atoms with Crippen LogP contribution in [0.25, 0.3) is 10.9 Å². The monoisotopic (exact) mass is 188 g/mol. The van der Waals surface area contributed by atoms with Gasteiger partial charge in [0.2, 0.25) is 0 Å². The van der Waals surface area contributed by atoms with Crippen molar-refractivity contribution in [3.63, 3.8) is 0 Å². The van der Waals surface area contributed by atoms with Crippen molar-refractivity contribution in [2.45, 2.75) is 0 Å². The molecule has 0 aliphatic rings. The van der Waals surface area contributed by atoms with Gasteiger partial charge in [0.15, 0.2) is 5.75 Å². The van der Waals surface area contributed by atoms with Crippen LogP contribution in [0, 0.1) is 6.92 Å². The lowest BCUT2D eigenvalue weighted by molar-refractivity contribution is 0.322. The molecule has 1 aromatic heterocycles. The minimum Gasteiger partial charge on any atom is -0.503 e. The fourth-order valence-electron chi connectivity index (χ4n) is 1.29. The Labute approximate surface area is 82.0 Å². The van der Waals surface area contributed by atoms with Crippen molar-refractivity contribution in [2.24, 2.45) is 0 Å². The second-order valence-corrected chi connectivity index (χ2v) is 2.85. The molecule has 0 spiro atoms. The van der Waals surface area contributed by atoms with E-state index in [0.717, 1.165) is 10.9 Å². The van der Waals surface area contributed by atoms with Crippen molar-refractivity contribution in [1.82, 2.24) is 4.98 Å². The van der Waals surface area contributed by atoms with Gasteiger partial charge < -0.3 is 9.84 Å². The van der Waals surface area contributed by atoms with E-state index in [-0.39, 0.29) is 18.2 Å². The Balaban J connectivity index is 2.59. The molecule has 2 aromatic rings. The summed E-state index contributed by atoms with van der Waals surface area (Å²) in [7, 11) is 0. The van der Waals surface area contributed by atoms with Gasteiger partial charge >= 0.3 is 0 Å². The summed E-state index contributed by atoms with van der Waals surface area (Å²) in [6, 6.07) is 9.17. The Kier molecular flexibility index (Phi) is 2.23. The molecule has 71 valence electrons. The first-order valence-corrected chi connectivity index (χ1v) is 4.32. The van der Waals surface area contributed by atoms with Gasteiger partial charge in [0.25, 0.3) is 5.88 Å². The molecule has 0 saturated heterocycles. The Morgan fingerprint density at radius 3 is 2.93 bits per heavy atom. The van der Waals surface area contributed by atoms with E-state index in [0.29, 0.717) is 0 Å². The van der Waals surface area contributed by atoms with Gasteiger partial charge in [-0.1, -0.05) is 18.2 Å². The number of pyridine rings is 1. The smallest absolute Gasteiger partial charge is 0.257 e. The molecule has 0 aliphatic heterocycles. The maximum absolute atomic E-state index is 9.52. The molecule has 0 amide bonds. The summed E-state index contributed by atoms with van der Waals surface area (Å²) in [5.74, 6) is 0.283. The van der Waals surface area contributed by atoms with Crippen LogP contribution in [0.15, 0.2) is 30.3 Å². The summed E-state index contributed by atoms with van der Waals surface area (Å²) in [6.45, 7) is 3.78. The summed E-state index contributed by atoms with van der Waals surface area (Å²) < 4.78 is 5.07. The van der Waals surface area contributed by atoms with Crippen LogP contribution in [-0.4, -0.2) is 16.7 Å². The number of hydrogen-bond acceptors (Lipinski definition) is 3. The van der Waals surface area contributed by atoms with E-state index in [2.05, 4.69) is 11.9 Å². The average Bonchev–Trinajstić information content (AvgIpc) is 2.19. The van der Waals surface area contributed by atoms with Crippen LogP contribution in [-0.2, 0) is 0 Å². The predicted octanol–water partition coefficient (Wildman–Crippen LogP) is 2.15. The highest BCUT2D eigenvalue weighted by Gasteiger charge is 2.05. The Morgan fingerprint density at radius 2 is 2.14 bits per heavy atom. The Morgan fingerprint density at radius 1 is 1.36 bits per heavy atom. The van der Waals surface area contributed by atoms with Crippen LogP contribution in [0.1, 0.15) is 0 Å². The van der Waals surface area contributed by atoms with Crippen LogP contribution >= 0.6 is 0 Å².